The van der Waals surface area contributed by atoms with Crippen LogP contribution in [0, 0.1) is 0 Å². The van der Waals surface area contributed by atoms with E-state index in [0.717, 1.165) is 29.8 Å². The van der Waals surface area contributed by atoms with E-state index in [1.807, 2.05) is 54.6 Å². The fraction of sp³-hybridized carbons (Fsp3) is 0.233. The topological polar surface area (TPSA) is 96.3 Å². The summed E-state index contributed by atoms with van der Waals surface area (Å²) in [6, 6.07) is 30.5. The Morgan fingerprint density at radius 2 is 1.49 bits per heavy atom. The van der Waals surface area contributed by atoms with Crippen LogP contribution in [0.2, 0.25) is 0 Å². The molecule has 2 heterocycles. The zero-order valence-corrected chi connectivity index (χ0v) is 22.2. The standard InChI is InChI=1S/C30H30N4O4S/c35-28(36)27(33-38-21-18-34-16-19-37-20-17-34)26-22-39-29(31-26)32-30(23-10-4-1-5-11-23,24-12-6-2-7-13-24)25-14-8-3-9-15-25/h1-15,22H,16-21H2,(H,31,32)(H,35,36). The molecule has 0 saturated carbocycles. The van der Waals surface area contributed by atoms with Crippen LogP contribution in [-0.2, 0) is 19.9 Å². The zero-order chi connectivity index (χ0) is 26.9. The number of rotatable bonds is 11. The van der Waals surface area contributed by atoms with Crippen LogP contribution in [0.15, 0.2) is 102 Å². The maximum absolute atomic E-state index is 12.1. The van der Waals surface area contributed by atoms with Crippen LogP contribution < -0.4 is 5.32 Å². The van der Waals surface area contributed by atoms with Crippen molar-refractivity contribution in [1.82, 2.24) is 9.88 Å². The van der Waals surface area contributed by atoms with Crippen LogP contribution >= 0.6 is 11.3 Å². The summed E-state index contributed by atoms with van der Waals surface area (Å²) in [6.07, 6.45) is 0. The molecule has 0 unspecified atom stereocenters. The third-order valence-corrected chi connectivity index (χ3v) is 7.38. The SMILES string of the molecule is O=C(O)C(=NOCCN1CCOCC1)c1csc(NC(c2ccccc2)(c2ccccc2)c2ccccc2)n1. The maximum atomic E-state index is 12.1. The van der Waals surface area contributed by atoms with Crippen molar-refractivity contribution < 1.29 is 19.5 Å². The molecule has 0 amide bonds. The molecule has 5 rings (SSSR count). The van der Waals surface area contributed by atoms with Crippen LogP contribution in [0.4, 0.5) is 5.13 Å². The van der Waals surface area contributed by atoms with E-state index in [9.17, 15) is 9.90 Å². The quantitative estimate of drug-likeness (QED) is 0.123. The van der Waals surface area contributed by atoms with Gasteiger partial charge in [-0.25, -0.2) is 9.78 Å². The Balaban J connectivity index is 1.45. The van der Waals surface area contributed by atoms with Crippen LogP contribution in [0.1, 0.15) is 22.4 Å². The lowest BCUT2D eigenvalue weighted by Gasteiger charge is -2.36. The first-order chi connectivity index (χ1) is 19.2. The number of oxime groups is 1. The predicted molar refractivity (Wildman–Crippen MR) is 152 cm³/mol. The van der Waals surface area contributed by atoms with Gasteiger partial charge in [-0.05, 0) is 16.7 Å². The highest BCUT2D eigenvalue weighted by Gasteiger charge is 2.37. The number of nitrogens with zero attached hydrogens (tertiary/aromatic N) is 3. The highest BCUT2D eigenvalue weighted by molar-refractivity contribution is 7.14. The number of aromatic nitrogens is 1. The second kappa shape index (κ2) is 12.7. The third kappa shape index (κ3) is 6.17. The second-order valence-corrected chi connectivity index (χ2v) is 9.90. The molecule has 4 aromatic rings. The molecule has 0 atom stereocenters. The number of carboxylic acids is 1. The van der Waals surface area contributed by atoms with E-state index in [-0.39, 0.29) is 18.0 Å². The monoisotopic (exact) mass is 542 g/mol. The van der Waals surface area contributed by atoms with Gasteiger partial charge in [0.25, 0.3) is 0 Å². The summed E-state index contributed by atoms with van der Waals surface area (Å²) < 4.78 is 5.35. The number of aliphatic carboxylic acids is 1. The molecule has 0 spiro atoms. The zero-order valence-electron chi connectivity index (χ0n) is 21.4. The number of anilines is 1. The summed E-state index contributed by atoms with van der Waals surface area (Å²) in [5, 5.41) is 19.7. The Morgan fingerprint density at radius 1 is 0.949 bits per heavy atom. The van der Waals surface area contributed by atoms with Crippen molar-refractivity contribution in [3.8, 4) is 0 Å². The van der Waals surface area contributed by atoms with Crippen molar-refractivity contribution >= 4 is 28.1 Å². The summed E-state index contributed by atoms with van der Waals surface area (Å²) in [5.41, 5.74) is 2.32. The largest absolute Gasteiger partial charge is 0.476 e. The molecule has 0 bridgehead atoms. The van der Waals surface area contributed by atoms with Gasteiger partial charge in [0.2, 0.25) is 5.71 Å². The summed E-state index contributed by atoms with van der Waals surface area (Å²) in [7, 11) is 0. The average molecular weight is 543 g/mol. The van der Waals surface area contributed by atoms with Crippen LogP contribution in [-0.4, -0.2) is 66.1 Å². The molecule has 1 aliphatic heterocycles. The van der Waals surface area contributed by atoms with Gasteiger partial charge in [0.15, 0.2) is 5.13 Å². The van der Waals surface area contributed by atoms with E-state index in [1.54, 1.807) is 5.38 Å². The first-order valence-corrected chi connectivity index (χ1v) is 13.7. The van der Waals surface area contributed by atoms with Gasteiger partial charge in [-0.15, -0.1) is 11.3 Å². The summed E-state index contributed by atoms with van der Waals surface area (Å²) in [6.45, 7) is 3.96. The van der Waals surface area contributed by atoms with Gasteiger partial charge in [0, 0.05) is 25.0 Å². The first-order valence-electron chi connectivity index (χ1n) is 12.8. The highest BCUT2D eigenvalue weighted by Crippen LogP contribution is 2.40. The normalized spacial score (nSPS) is 14.6. The number of hydrogen-bond donors (Lipinski definition) is 2. The molecule has 9 heteroatoms. The van der Waals surface area contributed by atoms with E-state index in [4.69, 9.17) is 9.57 Å². The minimum absolute atomic E-state index is 0.231. The van der Waals surface area contributed by atoms with Gasteiger partial charge < -0.3 is 20.0 Å². The van der Waals surface area contributed by atoms with Crippen LogP contribution in [0.5, 0.6) is 0 Å². The summed E-state index contributed by atoms with van der Waals surface area (Å²) in [4.78, 5) is 24.3. The van der Waals surface area contributed by atoms with E-state index >= 15 is 0 Å². The number of nitrogens with one attached hydrogen (secondary N) is 1. The van der Waals surface area contributed by atoms with E-state index < -0.39 is 11.5 Å². The molecule has 0 radical (unpaired) electrons. The van der Waals surface area contributed by atoms with Gasteiger partial charge >= 0.3 is 5.97 Å². The van der Waals surface area contributed by atoms with E-state index in [0.29, 0.717) is 24.9 Å². The fourth-order valence-corrected chi connectivity index (χ4v) is 5.43. The third-order valence-electron chi connectivity index (χ3n) is 6.62. The van der Waals surface area contributed by atoms with Crippen molar-refractivity contribution in [3.05, 3.63) is 119 Å². The van der Waals surface area contributed by atoms with Crippen molar-refractivity contribution in [2.45, 2.75) is 5.54 Å². The molecule has 1 aliphatic rings. The number of carboxylic acid groups (broad SMARTS) is 1. The van der Waals surface area contributed by atoms with Gasteiger partial charge in [-0.2, -0.15) is 0 Å². The Labute approximate surface area is 231 Å². The Morgan fingerprint density at radius 3 is 2.00 bits per heavy atom. The Kier molecular flexibility index (Phi) is 8.62. The lowest BCUT2D eigenvalue weighted by Crippen LogP contribution is -2.38. The van der Waals surface area contributed by atoms with E-state index in [2.05, 4.69) is 56.8 Å². The van der Waals surface area contributed by atoms with Gasteiger partial charge in [-0.3, -0.25) is 4.90 Å². The van der Waals surface area contributed by atoms with Gasteiger partial charge in [0.05, 0.1) is 13.2 Å². The molecule has 2 N–H and O–H groups in total. The minimum Gasteiger partial charge on any atom is -0.476 e. The number of ether oxygens (including phenoxy) is 1. The molecule has 8 nitrogen and oxygen atoms in total. The van der Waals surface area contributed by atoms with Crippen LogP contribution in [0.25, 0.3) is 0 Å². The maximum Gasteiger partial charge on any atom is 0.360 e. The minimum atomic E-state index is -1.20. The molecular weight excluding hydrogens is 512 g/mol. The molecule has 39 heavy (non-hydrogen) atoms. The summed E-state index contributed by atoms with van der Waals surface area (Å²) in [5.74, 6) is -1.20. The average Bonchev–Trinajstić information content (AvgIpc) is 3.45. The number of carbonyl (C=O) groups is 1. The van der Waals surface area contributed by atoms with Gasteiger partial charge in [-0.1, -0.05) is 96.2 Å². The lowest BCUT2D eigenvalue weighted by atomic mass is 9.77. The van der Waals surface area contributed by atoms with E-state index in [1.165, 1.54) is 11.3 Å². The predicted octanol–water partition coefficient (Wildman–Crippen LogP) is 4.68. The van der Waals surface area contributed by atoms with Crippen molar-refractivity contribution in [3.63, 3.8) is 0 Å². The summed E-state index contributed by atoms with van der Waals surface area (Å²) >= 11 is 1.32. The smallest absolute Gasteiger partial charge is 0.360 e. The molecule has 0 aliphatic carbocycles. The van der Waals surface area contributed by atoms with Crippen molar-refractivity contribution in [2.24, 2.45) is 5.16 Å². The molecule has 1 fully saturated rings. The number of morpholine rings is 1. The molecular formula is C30H30N4O4S. The first kappa shape index (κ1) is 26.6. The molecule has 1 aromatic heterocycles. The van der Waals surface area contributed by atoms with Gasteiger partial charge in [0.1, 0.15) is 17.8 Å². The fourth-order valence-electron chi connectivity index (χ4n) is 4.68. The number of hydrogen-bond acceptors (Lipinski definition) is 8. The Hall–Kier alpha value is -4.05. The lowest BCUT2D eigenvalue weighted by molar-refractivity contribution is -0.129. The van der Waals surface area contributed by atoms with Crippen molar-refractivity contribution in [1.29, 1.82) is 0 Å². The molecule has 1 saturated heterocycles. The molecule has 3 aromatic carbocycles. The highest BCUT2D eigenvalue weighted by atomic mass is 32.1. The molecule has 200 valence electrons. The Bertz CT molecular complexity index is 1280. The number of benzene rings is 3. The second-order valence-electron chi connectivity index (χ2n) is 9.04. The van der Waals surface area contributed by atoms with Crippen molar-refractivity contribution in [2.75, 3.05) is 44.8 Å². The number of thiazole rings is 1. The van der Waals surface area contributed by atoms with Crippen LogP contribution in [0.3, 0.4) is 0 Å².